The highest BCUT2D eigenvalue weighted by molar-refractivity contribution is 6.35. The number of hydrogen-bond acceptors (Lipinski definition) is 3. The van der Waals surface area contributed by atoms with E-state index in [0.717, 1.165) is 29.3 Å². The smallest absolute Gasteiger partial charge is 0.119 e. The Hall–Kier alpha value is -1.26. The summed E-state index contributed by atoms with van der Waals surface area (Å²) in [7, 11) is 0. The van der Waals surface area contributed by atoms with Gasteiger partial charge in [-0.05, 0) is 81.3 Å². The average Bonchev–Trinajstić information content (AvgIpc) is 2.76. The Labute approximate surface area is 210 Å². The van der Waals surface area contributed by atoms with Gasteiger partial charge in [-0.2, -0.15) is 0 Å². The standard InChI is InChI=1S/C28H39Cl2NO2/c1-18(2)26-15-22(25-11-10-23(29)16-27(25)30)17-33-28(26)21-8-7-9-24(14-21)32-13-12-31(19(3)4)20(5)6/h7-11,14,16,18-20,22,26,28H,12-13,15,17H2,1-6H3/t22-,26-,28-/m0/s1. The summed E-state index contributed by atoms with van der Waals surface area (Å²) in [6, 6.07) is 15.2. The van der Waals surface area contributed by atoms with Crippen LogP contribution in [0.25, 0.3) is 0 Å². The molecule has 1 aliphatic rings. The molecule has 3 rings (SSSR count). The molecule has 33 heavy (non-hydrogen) atoms. The van der Waals surface area contributed by atoms with Crippen molar-refractivity contribution < 1.29 is 9.47 Å². The Morgan fingerprint density at radius 2 is 1.73 bits per heavy atom. The van der Waals surface area contributed by atoms with Crippen LogP contribution in [-0.2, 0) is 4.74 Å². The molecule has 1 heterocycles. The van der Waals surface area contributed by atoms with E-state index in [2.05, 4.69) is 64.6 Å². The molecule has 0 bridgehead atoms. The van der Waals surface area contributed by atoms with Crippen LogP contribution < -0.4 is 4.74 Å². The molecule has 2 aromatic rings. The summed E-state index contributed by atoms with van der Waals surface area (Å²) >= 11 is 12.6. The summed E-state index contributed by atoms with van der Waals surface area (Å²) < 4.78 is 12.6. The quantitative estimate of drug-likeness (QED) is 0.354. The normalized spacial score (nSPS) is 21.4. The summed E-state index contributed by atoms with van der Waals surface area (Å²) in [5.41, 5.74) is 2.32. The third kappa shape index (κ3) is 6.88. The zero-order valence-corrected chi connectivity index (χ0v) is 22.4. The minimum atomic E-state index is 0.0544. The molecule has 3 atom stereocenters. The number of halogens is 2. The highest BCUT2D eigenvalue weighted by Crippen LogP contribution is 2.45. The zero-order valence-electron chi connectivity index (χ0n) is 20.9. The SMILES string of the molecule is CC(C)[C@@H]1C[C@H](c2ccc(Cl)cc2Cl)CO[C@H]1c1cccc(OCCN(C(C)C)C(C)C)c1. The Morgan fingerprint density at radius 1 is 1.00 bits per heavy atom. The van der Waals surface area contributed by atoms with Crippen LogP contribution in [0.3, 0.4) is 0 Å². The van der Waals surface area contributed by atoms with Crippen molar-refractivity contribution in [2.24, 2.45) is 11.8 Å². The number of rotatable bonds is 9. The van der Waals surface area contributed by atoms with Crippen molar-refractivity contribution in [1.29, 1.82) is 0 Å². The van der Waals surface area contributed by atoms with Crippen LogP contribution in [0.1, 0.15) is 71.1 Å². The lowest BCUT2D eigenvalue weighted by molar-refractivity contribution is -0.0552. The molecule has 0 amide bonds. The van der Waals surface area contributed by atoms with Crippen LogP contribution in [0.4, 0.5) is 0 Å². The number of ether oxygens (including phenoxy) is 2. The molecule has 2 aromatic carbocycles. The van der Waals surface area contributed by atoms with E-state index in [1.807, 2.05) is 24.3 Å². The molecule has 0 spiro atoms. The van der Waals surface area contributed by atoms with Crippen LogP contribution in [0.2, 0.25) is 10.0 Å². The first-order chi connectivity index (χ1) is 15.7. The highest BCUT2D eigenvalue weighted by Gasteiger charge is 2.35. The van der Waals surface area contributed by atoms with Gasteiger partial charge in [-0.1, -0.05) is 55.2 Å². The fourth-order valence-electron chi connectivity index (χ4n) is 5.04. The molecule has 5 heteroatoms. The van der Waals surface area contributed by atoms with Gasteiger partial charge in [0.1, 0.15) is 12.4 Å². The average molecular weight is 493 g/mol. The summed E-state index contributed by atoms with van der Waals surface area (Å²) in [5.74, 6) is 2.06. The van der Waals surface area contributed by atoms with Gasteiger partial charge in [-0.25, -0.2) is 0 Å². The van der Waals surface area contributed by atoms with Gasteiger partial charge in [0, 0.05) is 34.6 Å². The van der Waals surface area contributed by atoms with Crippen LogP contribution in [0, 0.1) is 11.8 Å². The summed E-state index contributed by atoms with van der Waals surface area (Å²) in [6.07, 6.45) is 1.09. The molecule has 1 aliphatic heterocycles. The maximum atomic E-state index is 6.51. The van der Waals surface area contributed by atoms with Gasteiger partial charge < -0.3 is 9.47 Å². The van der Waals surface area contributed by atoms with E-state index < -0.39 is 0 Å². The molecule has 0 aromatic heterocycles. The Kier molecular flexibility index (Phi) is 9.52. The third-order valence-corrected chi connectivity index (χ3v) is 7.37. The minimum Gasteiger partial charge on any atom is -0.492 e. The van der Waals surface area contributed by atoms with Crippen molar-refractivity contribution in [2.75, 3.05) is 19.8 Å². The number of nitrogens with zero attached hydrogens (tertiary/aromatic N) is 1. The molecule has 0 N–H and O–H groups in total. The maximum absolute atomic E-state index is 6.51. The van der Waals surface area contributed by atoms with Crippen molar-refractivity contribution >= 4 is 23.2 Å². The Morgan fingerprint density at radius 3 is 2.36 bits per heavy atom. The molecule has 1 fully saturated rings. The minimum absolute atomic E-state index is 0.0544. The first kappa shape index (κ1) is 26.3. The van der Waals surface area contributed by atoms with Crippen LogP contribution >= 0.6 is 23.2 Å². The molecule has 0 saturated carbocycles. The lowest BCUT2D eigenvalue weighted by Crippen LogP contribution is -2.39. The van der Waals surface area contributed by atoms with Crippen molar-refractivity contribution in [3.63, 3.8) is 0 Å². The van der Waals surface area contributed by atoms with Crippen LogP contribution in [-0.4, -0.2) is 36.7 Å². The maximum Gasteiger partial charge on any atom is 0.119 e. The van der Waals surface area contributed by atoms with E-state index in [1.165, 1.54) is 5.56 Å². The predicted octanol–water partition coefficient (Wildman–Crippen LogP) is 8.01. The Bertz CT molecular complexity index is 891. The van der Waals surface area contributed by atoms with Gasteiger partial charge in [0.25, 0.3) is 0 Å². The van der Waals surface area contributed by atoms with Gasteiger partial charge in [0.05, 0.1) is 12.7 Å². The topological polar surface area (TPSA) is 21.7 Å². The third-order valence-electron chi connectivity index (χ3n) is 6.81. The molecule has 182 valence electrons. The molecular formula is C28H39Cl2NO2. The summed E-state index contributed by atoms with van der Waals surface area (Å²) in [6.45, 7) is 15.7. The van der Waals surface area contributed by atoms with E-state index in [-0.39, 0.29) is 12.0 Å². The van der Waals surface area contributed by atoms with E-state index in [9.17, 15) is 0 Å². The largest absolute Gasteiger partial charge is 0.492 e. The molecule has 0 unspecified atom stereocenters. The van der Waals surface area contributed by atoms with Crippen LogP contribution in [0.5, 0.6) is 5.75 Å². The molecule has 3 nitrogen and oxygen atoms in total. The number of benzene rings is 2. The highest BCUT2D eigenvalue weighted by atomic mass is 35.5. The van der Waals surface area contributed by atoms with Crippen molar-refractivity contribution in [1.82, 2.24) is 4.90 Å². The van der Waals surface area contributed by atoms with E-state index in [1.54, 1.807) is 0 Å². The molecule has 1 saturated heterocycles. The molecule has 0 radical (unpaired) electrons. The van der Waals surface area contributed by atoms with Crippen LogP contribution in [0.15, 0.2) is 42.5 Å². The predicted molar refractivity (Wildman–Crippen MR) is 140 cm³/mol. The second-order valence-electron chi connectivity index (χ2n) is 10.1. The lowest BCUT2D eigenvalue weighted by atomic mass is 9.76. The van der Waals surface area contributed by atoms with Gasteiger partial charge in [0.2, 0.25) is 0 Å². The summed E-state index contributed by atoms with van der Waals surface area (Å²) in [4.78, 5) is 2.45. The van der Waals surface area contributed by atoms with Gasteiger partial charge in [-0.15, -0.1) is 0 Å². The monoisotopic (exact) mass is 491 g/mol. The fraction of sp³-hybridized carbons (Fsp3) is 0.571. The van der Waals surface area contributed by atoms with Gasteiger partial charge in [-0.3, -0.25) is 4.90 Å². The van der Waals surface area contributed by atoms with E-state index in [0.29, 0.717) is 42.2 Å². The second-order valence-corrected chi connectivity index (χ2v) is 11.0. The first-order valence-corrected chi connectivity index (χ1v) is 13.0. The van der Waals surface area contributed by atoms with E-state index >= 15 is 0 Å². The van der Waals surface area contributed by atoms with Crippen molar-refractivity contribution in [3.05, 3.63) is 63.6 Å². The zero-order chi connectivity index (χ0) is 24.1. The first-order valence-electron chi connectivity index (χ1n) is 12.2. The summed E-state index contributed by atoms with van der Waals surface area (Å²) in [5, 5.41) is 1.39. The van der Waals surface area contributed by atoms with Gasteiger partial charge in [0.15, 0.2) is 0 Å². The molecular weight excluding hydrogens is 453 g/mol. The Balaban J connectivity index is 1.69. The lowest BCUT2D eigenvalue weighted by Gasteiger charge is -2.39. The fourth-order valence-corrected chi connectivity index (χ4v) is 5.60. The second kappa shape index (κ2) is 11.9. The van der Waals surface area contributed by atoms with Crippen molar-refractivity contribution in [2.45, 2.75) is 72.1 Å². The molecule has 0 aliphatic carbocycles. The number of hydrogen-bond donors (Lipinski definition) is 0. The van der Waals surface area contributed by atoms with E-state index in [4.69, 9.17) is 32.7 Å². The van der Waals surface area contributed by atoms with Crippen molar-refractivity contribution in [3.8, 4) is 5.75 Å². The van der Waals surface area contributed by atoms with Gasteiger partial charge >= 0.3 is 0 Å².